The predicted octanol–water partition coefficient (Wildman–Crippen LogP) is 4.95. The van der Waals surface area contributed by atoms with Gasteiger partial charge in [0.05, 0.1) is 19.0 Å². The zero-order valence-electron chi connectivity index (χ0n) is 17.2. The van der Waals surface area contributed by atoms with Crippen molar-refractivity contribution in [3.8, 4) is 28.6 Å². The number of Topliss-reactive ketones (excluding diaryl/α,β-unsaturated/α-hetero) is 1. The topological polar surface area (TPSA) is 66.2 Å². The number of nitrogens with zero attached hydrogens (tertiary/aromatic N) is 3. The van der Waals surface area contributed by atoms with Gasteiger partial charge in [0.15, 0.2) is 11.0 Å². The van der Waals surface area contributed by atoms with Gasteiger partial charge in [-0.2, -0.15) is 0 Å². The van der Waals surface area contributed by atoms with E-state index in [9.17, 15) is 4.79 Å². The van der Waals surface area contributed by atoms with Crippen molar-refractivity contribution in [2.45, 2.75) is 43.0 Å². The van der Waals surface area contributed by atoms with Gasteiger partial charge in [0.25, 0.3) is 0 Å². The Balaban J connectivity index is 1.76. The zero-order chi connectivity index (χ0) is 20.9. The maximum absolute atomic E-state index is 12.4. The number of benzene rings is 2. The first-order chi connectivity index (χ1) is 14.7. The smallest absolute Gasteiger partial charge is 0.196 e. The molecule has 0 unspecified atom stereocenters. The number of rotatable bonds is 7. The summed E-state index contributed by atoms with van der Waals surface area (Å²) in [7, 11) is 1.65. The quantitative estimate of drug-likeness (QED) is 0.536. The minimum atomic E-state index is -0.0671. The number of carbonyl (C=O) groups is 1. The van der Waals surface area contributed by atoms with Gasteiger partial charge in [0.2, 0.25) is 0 Å². The summed E-state index contributed by atoms with van der Waals surface area (Å²) in [4.78, 5) is 12.4. The Labute approximate surface area is 180 Å². The van der Waals surface area contributed by atoms with Crippen molar-refractivity contribution < 1.29 is 14.3 Å². The summed E-state index contributed by atoms with van der Waals surface area (Å²) in [6, 6.07) is 15.6. The lowest BCUT2D eigenvalue weighted by Gasteiger charge is -2.20. The second-order valence-corrected chi connectivity index (χ2v) is 8.29. The third-order valence-corrected chi connectivity index (χ3v) is 6.37. The highest BCUT2D eigenvalue weighted by Crippen LogP contribution is 2.35. The van der Waals surface area contributed by atoms with Crippen LogP contribution in [0.5, 0.6) is 11.5 Å². The molecule has 1 heterocycles. The molecule has 0 spiro atoms. The first-order valence-corrected chi connectivity index (χ1v) is 11.1. The minimum Gasteiger partial charge on any atom is -0.497 e. The first-order valence-electron chi connectivity index (χ1n) is 10.2. The molecule has 0 radical (unpaired) electrons. The molecule has 0 aliphatic heterocycles. The largest absolute Gasteiger partial charge is 0.497 e. The number of methoxy groups -OCH3 is 1. The highest BCUT2D eigenvalue weighted by molar-refractivity contribution is 8.00. The van der Waals surface area contributed by atoms with Gasteiger partial charge in [-0.15, -0.1) is 10.2 Å². The molecule has 3 aromatic rings. The Hall–Kier alpha value is -2.80. The second kappa shape index (κ2) is 9.34. The van der Waals surface area contributed by atoms with Crippen molar-refractivity contribution in [2.24, 2.45) is 0 Å². The average Bonchev–Trinajstić information content (AvgIpc) is 3.20. The summed E-state index contributed by atoms with van der Waals surface area (Å²) < 4.78 is 13.0. The molecule has 7 heteroatoms. The minimum absolute atomic E-state index is 0.0671. The molecule has 1 aromatic heterocycles. The molecule has 1 fully saturated rings. The molecule has 6 nitrogen and oxygen atoms in total. The molecule has 2 aromatic carbocycles. The van der Waals surface area contributed by atoms with Crippen LogP contribution >= 0.6 is 11.8 Å². The van der Waals surface area contributed by atoms with Gasteiger partial charge < -0.3 is 9.47 Å². The Morgan fingerprint density at radius 3 is 2.67 bits per heavy atom. The maximum Gasteiger partial charge on any atom is 0.196 e. The lowest BCUT2D eigenvalue weighted by atomic mass is 9.99. The summed E-state index contributed by atoms with van der Waals surface area (Å²) >= 11 is 1.51. The molecule has 1 atom stereocenters. The summed E-state index contributed by atoms with van der Waals surface area (Å²) in [6.45, 7) is 2.58. The van der Waals surface area contributed by atoms with Gasteiger partial charge >= 0.3 is 0 Å². The number of aromatic nitrogens is 3. The fourth-order valence-electron chi connectivity index (χ4n) is 3.59. The van der Waals surface area contributed by atoms with E-state index in [1.165, 1.54) is 11.8 Å². The van der Waals surface area contributed by atoms with Crippen LogP contribution in [0.1, 0.15) is 32.6 Å². The van der Waals surface area contributed by atoms with Crippen molar-refractivity contribution >= 4 is 17.5 Å². The third kappa shape index (κ3) is 4.36. The van der Waals surface area contributed by atoms with E-state index >= 15 is 0 Å². The molecule has 0 bridgehead atoms. The molecule has 1 aliphatic rings. The fourth-order valence-corrected chi connectivity index (χ4v) is 4.76. The number of ketones is 1. The molecule has 0 saturated heterocycles. The van der Waals surface area contributed by atoms with E-state index in [0.29, 0.717) is 24.6 Å². The van der Waals surface area contributed by atoms with Crippen LogP contribution in [0.4, 0.5) is 0 Å². The Morgan fingerprint density at radius 2 is 1.93 bits per heavy atom. The molecular weight excluding hydrogens is 398 g/mol. The number of hydrogen-bond acceptors (Lipinski definition) is 6. The van der Waals surface area contributed by atoms with E-state index in [2.05, 4.69) is 10.2 Å². The molecule has 156 valence electrons. The van der Waals surface area contributed by atoms with Crippen LogP contribution in [0.15, 0.2) is 53.7 Å². The van der Waals surface area contributed by atoms with E-state index in [0.717, 1.165) is 47.2 Å². The van der Waals surface area contributed by atoms with Crippen molar-refractivity contribution in [1.29, 1.82) is 0 Å². The van der Waals surface area contributed by atoms with Crippen LogP contribution in [0.3, 0.4) is 0 Å². The van der Waals surface area contributed by atoms with Crippen molar-refractivity contribution in [3.63, 3.8) is 0 Å². The average molecular weight is 424 g/mol. The van der Waals surface area contributed by atoms with E-state index < -0.39 is 0 Å². The molecule has 4 rings (SSSR count). The Kier molecular flexibility index (Phi) is 6.38. The summed E-state index contributed by atoms with van der Waals surface area (Å²) in [5.74, 6) is 2.58. The molecular formula is C23H25N3O3S. The van der Waals surface area contributed by atoms with Gasteiger partial charge in [-0.1, -0.05) is 30.3 Å². The standard InChI is InChI=1S/C23H25N3O3S/c1-3-29-18-13-11-17(12-14-18)26-22(16-7-6-8-19(15-16)28-2)24-25-23(26)30-21-10-5-4-9-20(21)27/h6-8,11-15,21H,3-5,9-10H2,1-2H3/t21-/m0/s1. The third-order valence-electron chi connectivity index (χ3n) is 5.11. The molecule has 1 saturated carbocycles. The summed E-state index contributed by atoms with van der Waals surface area (Å²) in [6.07, 6.45) is 3.59. The van der Waals surface area contributed by atoms with Crippen LogP contribution in [0.25, 0.3) is 17.1 Å². The van der Waals surface area contributed by atoms with E-state index in [1.54, 1.807) is 7.11 Å². The highest BCUT2D eigenvalue weighted by atomic mass is 32.2. The van der Waals surface area contributed by atoms with Crippen LogP contribution in [0.2, 0.25) is 0 Å². The van der Waals surface area contributed by atoms with Gasteiger partial charge in [0.1, 0.15) is 17.3 Å². The normalized spacial score (nSPS) is 16.5. The van der Waals surface area contributed by atoms with Gasteiger partial charge in [-0.3, -0.25) is 9.36 Å². The molecule has 0 N–H and O–H groups in total. The Bertz CT molecular complexity index is 1020. The van der Waals surface area contributed by atoms with Crippen molar-refractivity contribution in [1.82, 2.24) is 14.8 Å². The van der Waals surface area contributed by atoms with Gasteiger partial charge in [0, 0.05) is 17.7 Å². The van der Waals surface area contributed by atoms with Crippen LogP contribution in [-0.2, 0) is 4.79 Å². The lowest BCUT2D eigenvalue weighted by molar-refractivity contribution is -0.119. The van der Waals surface area contributed by atoms with Crippen molar-refractivity contribution in [2.75, 3.05) is 13.7 Å². The van der Waals surface area contributed by atoms with Gasteiger partial charge in [-0.05, 0) is 56.2 Å². The van der Waals surface area contributed by atoms with E-state index in [-0.39, 0.29) is 5.25 Å². The summed E-state index contributed by atoms with van der Waals surface area (Å²) in [5.41, 5.74) is 1.82. The fraction of sp³-hybridized carbons (Fsp3) is 0.348. The number of ether oxygens (including phenoxy) is 2. The van der Waals surface area contributed by atoms with Crippen LogP contribution in [-0.4, -0.2) is 39.5 Å². The lowest BCUT2D eigenvalue weighted by Crippen LogP contribution is -2.21. The van der Waals surface area contributed by atoms with E-state index in [1.807, 2.05) is 60.0 Å². The number of thioether (sulfide) groups is 1. The van der Waals surface area contributed by atoms with Gasteiger partial charge in [-0.25, -0.2) is 0 Å². The predicted molar refractivity (Wildman–Crippen MR) is 118 cm³/mol. The Morgan fingerprint density at radius 1 is 1.10 bits per heavy atom. The molecule has 0 amide bonds. The summed E-state index contributed by atoms with van der Waals surface area (Å²) in [5, 5.41) is 9.60. The maximum atomic E-state index is 12.4. The zero-order valence-corrected chi connectivity index (χ0v) is 18.0. The number of hydrogen-bond donors (Lipinski definition) is 0. The first kappa shape index (κ1) is 20.5. The molecule has 1 aliphatic carbocycles. The monoisotopic (exact) mass is 423 g/mol. The van der Waals surface area contributed by atoms with Crippen LogP contribution < -0.4 is 9.47 Å². The number of carbonyl (C=O) groups excluding carboxylic acids is 1. The molecule has 30 heavy (non-hydrogen) atoms. The van der Waals surface area contributed by atoms with Crippen molar-refractivity contribution in [3.05, 3.63) is 48.5 Å². The van der Waals surface area contributed by atoms with Crippen LogP contribution in [0, 0.1) is 0 Å². The second-order valence-electron chi connectivity index (χ2n) is 7.12. The highest BCUT2D eigenvalue weighted by Gasteiger charge is 2.27. The SMILES string of the molecule is CCOc1ccc(-n2c(S[C@H]3CCCCC3=O)nnc2-c2cccc(OC)c2)cc1. The van der Waals surface area contributed by atoms with E-state index in [4.69, 9.17) is 9.47 Å².